The van der Waals surface area contributed by atoms with Crippen LogP contribution in [0.1, 0.15) is 17.5 Å². The number of thiazole rings is 1. The SMILES string of the molecule is N#CCCSC(NC(=N)N)c1cscn1. The lowest BCUT2D eigenvalue weighted by Crippen LogP contribution is -2.32. The van der Waals surface area contributed by atoms with Crippen molar-refractivity contribution in [2.75, 3.05) is 5.75 Å². The summed E-state index contributed by atoms with van der Waals surface area (Å²) < 4.78 is 0. The van der Waals surface area contributed by atoms with E-state index in [9.17, 15) is 0 Å². The number of nitrogens with zero attached hydrogens (tertiary/aromatic N) is 2. The number of rotatable bonds is 5. The monoisotopic (exact) mass is 241 g/mol. The van der Waals surface area contributed by atoms with Crippen LogP contribution in [-0.2, 0) is 0 Å². The maximum absolute atomic E-state index is 8.43. The highest BCUT2D eigenvalue weighted by Gasteiger charge is 2.13. The van der Waals surface area contributed by atoms with Crippen LogP contribution in [0.15, 0.2) is 10.9 Å². The Morgan fingerprint density at radius 3 is 3.20 bits per heavy atom. The number of hydrogen-bond donors (Lipinski definition) is 3. The van der Waals surface area contributed by atoms with Crippen LogP contribution in [-0.4, -0.2) is 16.7 Å². The molecule has 80 valence electrons. The van der Waals surface area contributed by atoms with Gasteiger partial charge in [0.05, 0.1) is 17.3 Å². The summed E-state index contributed by atoms with van der Waals surface area (Å²) in [6.07, 6.45) is 0.477. The molecule has 1 unspecified atom stereocenters. The van der Waals surface area contributed by atoms with Crippen molar-refractivity contribution >= 4 is 29.1 Å². The Kier molecular flexibility index (Phi) is 4.93. The zero-order valence-corrected chi connectivity index (χ0v) is 9.57. The molecule has 15 heavy (non-hydrogen) atoms. The van der Waals surface area contributed by atoms with Gasteiger partial charge in [0.25, 0.3) is 0 Å². The Labute approximate surface area is 96.2 Å². The minimum Gasteiger partial charge on any atom is -0.370 e. The summed E-state index contributed by atoms with van der Waals surface area (Å²) in [6, 6.07) is 2.07. The normalized spacial score (nSPS) is 11.7. The van der Waals surface area contributed by atoms with Gasteiger partial charge in [-0.05, 0) is 0 Å². The minimum absolute atomic E-state index is 0.0857. The molecule has 1 aromatic rings. The quantitative estimate of drug-likeness (QED) is 0.312. The number of hydrogen-bond acceptors (Lipinski definition) is 5. The van der Waals surface area contributed by atoms with E-state index >= 15 is 0 Å². The Morgan fingerprint density at radius 2 is 2.67 bits per heavy atom. The third-order valence-corrected chi connectivity index (χ3v) is 3.24. The number of nitriles is 1. The molecule has 7 heteroatoms. The molecular weight excluding hydrogens is 230 g/mol. The van der Waals surface area contributed by atoms with Crippen molar-refractivity contribution in [1.29, 1.82) is 10.7 Å². The highest BCUT2D eigenvalue weighted by molar-refractivity contribution is 7.99. The van der Waals surface area contributed by atoms with Crippen LogP contribution in [0.4, 0.5) is 0 Å². The van der Waals surface area contributed by atoms with Gasteiger partial charge < -0.3 is 11.1 Å². The van der Waals surface area contributed by atoms with Crippen molar-refractivity contribution in [3.63, 3.8) is 0 Å². The average molecular weight is 241 g/mol. The van der Waals surface area contributed by atoms with E-state index in [1.54, 1.807) is 5.51 Å². The van der Waals surface area contributed by atoms with Gasteiger partial charge in [-0.2, -0.15) is 5.26 Å². The van der Waals surface area contributed by atoms with E-state index in [2.05, 4.69) is 16.4 Å². The summed E-state index contributed by atoms with van der Waals surface area (Å²) in [4.78, 5) is 4.15. The second-order valence-electron chi connectivity index (χ2n) is 2.63. The summed E-state index contributed by atoms with van der Waals surface area (Å²) in [6.45, 7) is 0. The highest BCUT2D eigenvalue weighted by atomic mass is 32.2. The maximum atomic E-state index is 8.43. The minimum atomic E-state index is -0.137. The molecule has 1 rings (SSSR count). The van der Waals surface area contributed by atoms with E-state index in [1.165, 1.54) is 23.1 Å². The average Bonchev–Trinajstić information content (AvgIpc) is 2.68. The van der Waals surface area contributed by atoms with Gasteiger partial charge in [-0.25, -0.2) is 4.98 Å². The third-order valence-electron chi connectivity index (χ3n) is 1.51. The lowest BCUT2D eigenvalue weighted by atomic mass is 10.5. The van der Waals surface area contributed by atoms with Crippen LogP contribution >= 0.6 is 23.1 Å². The summed E-state index contributed by atoms with van der Waals surface area (Å²) in [5.74, 6) is 0.608. The molecule has 1 atom stereocenters. The topological polar surface area (TPSA) is 98.6 Å². The van der Waals surface area contributed by atoms with E-state index in [1.807, 2.05) is 5.38 Å². The summed E-state index contributed by atoms with van der Waals surface area (Å²) in [5.41, 5.74) is 7.85. The van der Waals surface area contributed by atoms with Gasteiger partial charge in [0.1, 0.15) is 5.37 Å². The van der Waals surface area contributed by atoms with Gasteiger partial charge in [0.15, 0.2) is 5.96 Å². The van der Waals surface area contributed by atoms with Gasteiger partial charge in [-0.3, -0.25) is 5.41 Å². The third kappa shape index (κ3) is 4.18. The van der Waals surface area contributed by atoms with Crippen molar-refractivity contribution in [3.8, 4) is 6.07 Å². The molecule has 0 aromatic carbocycles. The van der Waals surface area contributed by atoms with Crippen molar-refractivity contribution in [2.24, 2.45) is 5.73 Å². The van der Waals surface area contributed by atoms with Crippen molar-refractivity contribution in [2.45, 2.75) is 11.8 Å². The molecule has 0 saturated carbocycles. The van der Waals surface area contributed by atoms with Gasteiger partial charge in [-0.1, -0.05) is 0 Å². The number of guanidine groups is 1. The zero-order valence-electron chi connectivity index (χ0n) is 7.93. The molecule has 4 N–H and O–H groups in total. The lowest BCUT2D eigenvalue weighted by molar-refractivity contribution is 0.843. The first-order valence-corrected chi connectivity index (χ1v) is 6.20. The summed E-state index contributed by atoms with van der Waals surface area (Å²) in [7, 11) is 0. The molecule has 1 heterocycles. The Hall–Kier alpha value is -1.26. The first kappa shape index (κ1) is 11.8. The second kappa shape index (κ2) is 6.27. The predicted octanol–water partition coefficient (Wildman–Crippen LogP) is 1.27. The summed E-state index contributed by atoms with van der Waals surface area (Å²) in [5, 5.41) is 20.2. The van der Waals surface area contributed by atoms with E-state index in [4.69, 9.17) is 16.4 Å². The standard InChI is InChI=1S/C8H11N5S2/c9-2-1-3-15-7(13-8(10)11)6-4-14-5-12-6/h4-5,7H,1,3H2,(H4,10,11,13). The highest BCUT2D eigenvalue weighted by Crippen LogP contribution is 2.25. The fourth-order valence-electron chi connectivity index (χ4n) is 0.916. The second-order valence-corrected chi connectivity index (χ2v) is 4.56. The zero-order chi connectivity index (χ0) is 11.1. The molecule has 0 fully saturated rings. The van der Waals surface area contributed by atoms with E-state index in [-0.39, 0.29) is 11.3 Å². The molecule has 0 amide bonds. The molecule has 0 aliphatic heterocycles. The van der Waals surface area contributed by atoms with Gasteiger partial charge in [-0.15, -0.1) is 23.1 Å². The Balaban J connectivity index is 2.54. The van der Waals surface area contributed by atoms with E-state index in [0.29, 0.717) is 12.2 Å². The van der Waals surface area contributed by atoms with Crippen molar-refractivity contribution in [1.82, 2.24) is 10.3 Å². The van der Waals surface area contributed by atoms with Crippen LogP contribution in [0.2, 0.25) is 0 Å². The first-order chi connectivity index (χ1) is 7.24. The Bertz CT molecular complexity index is 342. The smallest absolute Gasteiger partial charge is 0.186 e. The van der Waals surface area contributed by atoms with Crippen LogP contribution in [0, 0.1) is 16.7 Å². The van der Waals surface area contributed by atoms with Crippen LogP contribution < -0.4 is 11.1 Å². The number of thioether (sulfide) groups is 1. The molecular formula is C8H11N5S2. The molecule has 0 saturated heterocycles. The number of aromatic nitrogens is 1. The number of nitrogens with one attached hydrogen (secondary N) is 2. The molecule has 5 nitrogen and oxygen atoms in total. The van der Waals surface area contributed by atoms with E-state index in [0.717, 1.165) is 5.69 Å². The van der Waals surface area contributed by atoms with Gasteiger partial charge in [0, 0.05) is 17.6 Å². The fourth-order valence-corrected chi connectivity index (χ4v) is 2.54. The van der Waals surface area contributed by atoms with Crippen LogP contribution in [0.25, 0.3) is 0 Å². The van der Waals surface area contributed by atoms with Crippen LogP contribution in [0.3, 0.4) is 0 Å². The summed E-state index contributed by atoms with van der Waals surface area (Å²) >= 11 is 3.02. The van der Waals surface area contributed by atoms with Crippen LogP contribution in [0.5, 0.6) is 0 Å². The predicted molar refractivity (Wildman–Crippen MR) is 62.6 cm³/mol. The van der Waals surface area contributed by atoms with E-state index < -0.39 is 0 Å². The molecule has 1 aromatic heterocycles. The maximum Gasteiger partial charge on any atom is 0.186 e. The van der Waals surface area contributed by atoms with Crippen molar-refractivity contribution < 1.29 is 0 Å². The molecule has 0 aliphatic rings. The molecule has 0 bridgehead atoms. The molecule has 0 aliphatic carbocycles. The Morgan fingerprint density at radius 1 is 1.87 bits per heavy atom. The number of nitrogens with two attached hydrogens (primary N) is 1. The fraction of sp³-hybridized carbons (Fsp3) is 0.375. The lowest BCUT2D eigenvalue weighted by Gasteiger charge is -2.15. The van der Waals surface area contributed by atoms with Crippen molar-refractivity contribution in [3.05, 3.63) is 16.6 Å². The largest absolute Gasteiger partial charge is 0.370 e. The molecule has 0 spiro atoms. The van der Waals surface area contributed by atoms with Gasteiger partial charge >= 0.3 is 0 Å². The van der Waals surface area contributed by atoms with Gasteiger partial charge in [0.2, 0.25) is 0 Å². The molecule has 0 radical (unpaired) electrons. The first-order valence-electron chi connectivity index (χ1n) is 4.21.